The fraction of sp³-hybridized carbons (Fsp3) is 0.500. The summed E-state index contributed by atoms with van der Waals surface area (Å²) in [7, 11) is 2.16. The van der Waals surface area contributed by atoms with Crippen LogP contribution >= 0.6 is 11.6 Å². The van der Waals surface area contributed by atoms with Crippen LogP contribution in [0, 0.1) is 12.5 Å². The van der Waals surface area contributed by atoms with E-state index in [0.717, 1.165) is 59.0 Å². The van der Waals surface area contributed by atoms with Crippen LogP contribution in [0.25, 0.3) is 15.6 Å². The number of aromatic nitrogens is 3. The van der Waals surface area contributed by atoms with Gasteiger partial charge >= 0.3 is 6.01 Å². The number of pyridine rings is 1. The highest BCUT2D eigenvalue weighted by Gasteiger charge is 2.35. The van der Waals surface area contributed by atoms with Crippen molar-refractivity contribution < 1.29 is 9.53 Å². The van der Waals surface area contributed by atoms with Gasteiger partial charge in [0.15, 0.2) is 0 Å². The smallest absolute Gasteiger partial charge is 0.318 e. The molecule has 1 aliphatic carbocycles. The molecule has 3 aliphatic rings. The van der Waals surface area contributed by atoms with E-state index in [2.05, 4.69) is 45.1 Å². The molecule has 0 spiro atoms. The molecule has 1 saturated heterocycles. The van der Waals surface area contributed by atoms with Crippen molar-refractivity contribution in [2.75, 3.05) is 62.7 Å². The van der Waals surface area contributed by atoms with Crippen LogP contribution in [0.2, 0.25) is 5.02 Å². The van der Waals surface area contributed by atoms with E-state index in [0.29, 0.717) is 43.8 Å². The van der Waals surface area contributed by atoms with Crippen LogP contribution in [0.5, 0.6) is 6.01 Å². The average Bonchev–Trinajstić information content (AvgIpc) is 3.04. The molecule has 236 valence electrons. The summed E-state index contributed by atoms with van der Waals surface area (Å²) in [6, 6.07) is 6.21. The summed E-state index contributed by atoms with van der Waals surface area (Å²) >= 11 is 6.69. The van der Waals surface area contributed by atoms with E-state index < -0.39 is 0 Å². The molecule has 10 nitrogen and oxygen atoms in total. The van der Waals surface area contributed by atoms with Gasteiger partial charge in [-0.2, -0.15) is 9.97 Å². The zero-order valence-corrected chi connectivity index (χ0v) is 26.9. The Morgan fingerprint density at radius 1 is 1.24 bits per heavy atom. The Morgan fingerprint density at radius 3 is 2.84 bits per heavy atom. The molecule has 1 amide bonds. The summed E-state index contributed by atoms with van der Waals surface area (Å²) < 4.78 is 6.33. The van der Waals surface area contributed by atoms with Gasteiger partial charge in [0.25, 0.3) is 0 Å². The lowest BCUT2D eigenvalue weighted by molar-refractivity contribution is -0.128. The number of benzene rings is 1. The number of fused-ring (bicyclic) bond motifs is 2. The van der Waals surface area contributed by atoms with Crippen LogP contribution in [0.3, 0.4) is 0 Å². The molecule has 6 rings (SSSR count). The van der Waals surface area contributed by atoms with Crippen molar-refractivity contribution in [1.82, 2.24) is 24.8 Å². The van der Waals surface area contributed by atoms with Gasteiger partial charge in [0, 0.05) is 61.3 Å². The summed E-state index contributed by atoms with van der Waals surface area (Å²) in [5.74, 6) is 1.47. The molecule has 3 aromatic rings. The van der Waals surface area contributed by atoms with Crippen LogP contribution in [0.1, 0.15) is 37.4 Å². The van der Waals surface area contributed by atoms with Gasteiger partial charge in [0.1, 0.15) is 18.5 Å². The Kier molecular flexibility index (Phi) is 9.38. The quantitative estimate of drug-likeness (QED) is 0.233. The number of carbonyl (C=O) groups excluding carboxylic acids is 1. The number of hydrogen-bond donors (Lipinski definition) is 0. The Morgan fingerprint density at radius 2 is 2.09 bits per heavy atom. The third-order valence-corrected chi connectivity index (χ3v) is 9.91. The number of nitrogens with zero attached hydrogens (tertiary/aromatic N) is 8. The van der Waals surface area contributed by atoms with E-state index in [-0.39, 0.29) is 24.5 Å². The summed E-state index contributed by atoms with van der Waals surface area (Å²) in [6.45, 7) is 18.1. The highest BCUT2D eigenvalue weighted by atomic mass is 35.5. The molecule has 1 saturated carbocycles. The van der Waals surface area contributed by atoms with E-state index in [1.165, 1.54) is 25.3 Å². The summed E-state index contributed by atoms with van der Waals surface area (Å²) in [5.41, 5.74) is 2.97. The number of carbonyl (C=O) groups is 1. The molecular weight excluding hydrogens is 588 g/mol. The molecule has 0 N–H and O–H groups in total. The normalized spacial score (nSPS) is 19.2. The van der Waals surface area contributed by atoms with Gasteiger partial charge in [-0.15, -0.1) is 0 Å². The van der Waals surface area contributed by atoms with Crippen molar-refractivity contribution in [3.05, 3.63) is 70.9 Å². The van der Waals surface area contributed by atoms with Crippen molar-refractivity contribution in [3.8, 4) is 6.01 Å². The topological polar surface area (TPSA) is 82.3 Å². The van der Waals surface area contributed by atoms with E-state index in [4.69, 9.17) is 32.9 Å². The minimum atomic E-state index is -0.249. The second-order valence-electron chi connectivity index (χ2n) is 12.5. The molecule has 2 aromatic heterocycles. The number of rotatable bonds is 10. The first-order valence-corrected chi connectivity index (χ1v) is 16.2. The molecule has 0 bridgehead atoms. The number of hydrogen-bond acceptors (Lipinski definition) is 8. The van der Waals surface area contributed by atoms with Crippen molar-refractivity contribution in [2.45, 2.75) is 51.2 Å². The fourth-order valence-electron chi connectivity index (χ4n) is 6.63. The predicted molar refractivity (Wildman–Crippen MR) is 178 cm³/mol. The SMILES string of the molecule is [C-]#[N+]C[C@H]1CN(c2nc(OC[C@@H](C)N(C)CC3CCC3)nc3c2CCN(c2cncc4cccc(Cl)c24)C3)CCN1C(=O)C=C. The standard InChI is InChI=1S/C34H41ClN8O2/c1-5-31(44)43-15-14-42(20-26(43)17-36-3)33-27-12-13-41(30-18-37-16-25-10-7-11-28(35)32(25)30)21-29(27)38-34(39-33)45-22-23(2)40(4)19-24-8-6-9-24/h5,7,10-11,16,18,23-24,26H,1,6,8-9,12-15,17,19-22H2,2,4H3/t23-,26+/m1/s1. The molecule has 1 aromatic carbocycles. The zero-order chi connectivity index (χ0) is 31.5. The van der Waals surface area contributed by atoms with Gasteiger partial charge in [-0.05, 0) is 51.3 Å². The van der Waals surface area contributed by atoms with Crippen LogP contribution < -0.4 is 14.5 Å². The lowest BCUT2D eigenvalue weighted by Crippen LogP contribution is -2.56. The van der Waals surface area contributed by atoms with Crippen molar-refractivity contribution in [2.24, 2.45) is 5.92 Å². The lowest BCUT2D eigenvalue weighted by Gasteiger charge is -2.41. The third kappa shape index (κ3) is 6.56. The number of amides is 1. The van der Waals surface area contributed by atoms with Gasteiger partial charge in [-0.3, -0.25) is 9.78 Å². The minimum Gasteiger partial charge on any atom is -0.462 e. The van der Waals surface area contributed by atoms with Crippen molar-refractivity contribution >= 4 is 39.8 Å². The molecule has 11 heteroatoms. The van der Waals surface area contributed by atoms with Gasteiger partial charge in [0.2, 0.25) is 12.5 Å². The fourth-order valence-corrected chi connectivity index (χ4v) is 6.91. The highest BCUT2D eigenvalue weighted by molar-refractivity contribution is 6.36. The Balaban J connectivity index is 1.30. The van der Waals surface area contributed by atoms with Gasteiger partial charge in [0.05, 0.1) is 29.1 Å². The first-order valence-electron chi connectivity index (χ1n) is 15.9. The molecule has 4 heterocycles. The summed E-state index contributed by atoms with van der Waals surface area (Å²) in [4.78, 5) is 39.3. The maximum absolute atomic E-state index is 12.6. The molecule has 0 radical (unpaired) electrons. The molecule has 0 unspecified atom stereocenters. The third-order valence-electron chi connectivity index (χ3n) is 9.59. The van der Waals surface area contributed by atoms with E-state index in [9.17, 15) is 4.79 Å². The minimum absolute atomic E-state index is 0.143. The van der Waals surface area contributed by atoms with Gasteiger partial charge in [-0.1, -0.05) is 36.7 Å². The highest BCUT2D eigenvalue weighted by Crippen LogP contribution is 2.37. The largest absolute Gasteiger partial charge is 0.462 e. The average molecular weight is 629 g/mol. The molecule has 2 aliphatic heterocycles. The maximum atomic E-state index is 12.6. The Hall–Kier alpha value is -3.94. The second kappa shape index (κ2) is 13.6. The molecule has 45 heavy (non-hydrogen) atoms. The second-order valence-corrected chi connectivity index (χ2v) is 12.9. The monoisotopic (exact) mass is 628 g/mol. The lowest BCUT2D eigenvalue weighted by atomic mass is 9.85. The van der Waals surface area contributed by atoms with Crippen molar-refractivity contribution in [3.63, 3.8) is 0 Å². The molecule has 2 atom stereocenters. The summed E-state index contributed by atoms with van der Waals surface area (Å²) in [6.07, 6.45) is 9.73. The first-order chi connectivity index (χ1) is 21.9. The summed E-state index contributed by atoms with van der Waals surface area (Å²) in [5, 5.41) is 2.67. The maximum Gasteiger partial charge on any atom is 0.318 e. The first kappa shape index (κ1) is 31.1. The molecular formula is C34H41ClN8O2. The molecule has 2 fully saturated rings. The Bertz CT molecular complexity index is 1600. The number of anilines is 2. The van der Waals surface area contributed by atoms with E-state index in [1.807, 2.05) is 30.6 Å². The van der Waals surface area contributed by atoms with Gasteiger partial charge < -0.3 is 29.2 Å². The van der Waals surface area contributed by atoms with E-state index in [1.54, 1.807) is 4.90 Å². The van der Waals surface area contributed by atoms with Crippen LogP contribution in [0.15, 0.2) is 43.2 Å². The number of piperazine rings is 1. The van der Waals surface area contributed by atoms with Gasteiger partial charge in [-0.25, -0.2) is 6.57 Å². The number of likely N-dealkylation sites (N-methyl/N-ethyl adjacent to an activating group) is 1. The predicted octanol–water partition coefficient (Wildman–Crippen LogP) is 4.86. The number of ether oxygens (including phenoxy) is 1. The zero-order valence-electron chi connectivity index (χ0n) is 26.2. The Labute approximate surface area is 270 Å². The number of halogens is 1. The van der Waals surface area contributed by atoms with Crippen molar-refractivity contribution in [1.29, 1.82) is 0 Å². The van der Waals surface area contributed by atoms with Crippen LogP contribution in [-0.4, -0.2) is 95.7 Å². The van der Waals surface area contributed by atoms with E-state index >= 15 is 0 Å². The van der Waals surface area contributed by atoms with Crippen LogP contribution in [-0.2, 0) is 17.8 Å². The van der Waals surface area contributed by atoms with Crippen LogP contribution in [0.4, 0.5) is 11.5 Å².